The smallest absolute Gasteiger partial charge is 0.337 e. The zero-order valence-corrected chi connectivity index (χ0v) is 20.5. The van der Waals surface area contributed by atoms with Crippen molar-refractivity contribution in [1.29, 1.82) is 0 Å². The van der Waals surface area contributed by atoms with E-state index in [2.05, 4.69) is 10.2 Å². The van der Waals surface area contributed by atoms with Gasteiger partial charge in [-0.15, -0.1) is 0 Å². The molecule has 180 valence electrons. The Balaban J connectivity index is 1.56. The number of carbonyl (C=O) groups is 3. The lowest BCUT2D eigenvalue weighted by atomic mass is 10.1. The number of halogens is 2. The van der Waals surface area contributed by atoms with Crippen molar-refractivity contribution < 1.29 is 19.1 Å². The number of methoxy groups -OCH3 is 1. The van der Waals surface area contributed by atoms with Gasteiger partial charge in [-0.1, -0.05) is 41.4 Å². The van der Waals surface area contributed by atoms with Gasteiger partial charge in [-0.2, -0.15) is 0 Å². The van der Waals surface area contributed by atoms with Gasteiger partial charge in [-0.25, -0.2) is 4.79 Å². The number of piperazine rings is 1. The minimum Gasteiger partial charge on any atom is -0.465 e. The summed E-state index contributed by atoms with van der Waals surface area (Å²) in [5.74, 6) is -0.972. The first-order valence-corrected chi connectivity index (χ1v) is 11.7. The summed E-state index contributed by atoms with van der Waals surface area (Å²) in [6, 6.07) is 18.8. The van der Waals surface area contributed by atoms with Crippen LogP contribution in [0.1, 0.15) is 31.1 Å². The quantitative estimate of drug-likeness (QED) is 0.488. The monoisotopic (exact) mass is 511 g/mol. The molecular formula is C26H23Cl2N3O4. The van der Waals surface area contributed by atoms with E-state index in [0.29, 0.717) is 48.0 Å². The largest absolute Gasteiger partial charge is 0.465 e. The van der Waals surface area contributed by atoms with Crippen LogP contribution in [0.5, 0.6) is 0 Å². The third-order valence-corrected chi connectivity index (χ3v) is 6.32. The molecule has 3 aromatic carbocycles. The summed E-state index contributed by atoms with van der Waals surface area (Å²) in [5, 5.41) is 3.50. The normalized spacial score (nSPS) is 13.3. The van der Waals surface area contributed by atoms with E-state index in [4.69, 9.17) is 27.9 Å². The van der Waals surface area contributed by atoms with Gasteiger partial charge in [0, 0.05) is 36.8 Å². The molecule has 0 saturated carbocycles. The fourth-order valence-electron chi connectivity index (χ4n) is 3.93. The number of benzene rings is 3. The average molecular weight is 512 g/mol. The van der Waals surface area contributed by atoms with E-state index >= 15 is 0 Å². The second-order valence-electron chi connectivity index (χ2n) is 7.95. The van der Waals surface area contributed by atoms with E-state index in [1.165, 1.54) is 19.2 Å². The molecule has 0 aromatic heterocycles. The zero-order chi connectivity index (χ0) is 24.9. The van der Waals surface area contributed by atoms with Gasteiger partial charge in [0.05, 0.1) is 34.6 Å². The molecule has 0 aliphatic carbocycles. The van der Waals surface area contributed by atoms with Gasteiger partial charge >= 0.3 is 5.97 Å². The van der Waals surface area contributed by atoms with Gasteiger partial charge < -0.3 is 19.9 Å². The number of carbonyl (C=O) groups excluding carboxylic acids is 3. The molecule has 2 amide bonds. The average Bonchev–Trinajstić information content (AvgIpc) is 2.88. The van der Waals surface area contributed by atoms with Crippen LogP contribution in [0.25, 0.3) is 0 Å². The number of anilines is 2. The lowest BCUT2D eigenvalue weighted by molar-refractivity contribution is 0.0600. The standard InChI is InChI=1S/C26H23Cl2N3O4/c1-35-26(34)18-7-10-23(22(15-18)29-24(32)20-9-8-19(27)16-21(20)28)30-11-13-31(14-12-30)25(33)17-5-3-2-4-6-17/h2-10,15-16H,11-14H2,1H3,(H,29,32). The van der Waals surface area contributed by atoms with Crippen molar-refractivity contribution >= 4 is 52.4 Å². The summed E-state index contributed by atoms with van der Waals surface area (Å²) in [6.45, 7) is 2.15. The zero-order valence-electron chi connectivity index (χ0n) is 19.0. The highest BCUT2D eigenvalue weighted by Gasteiger charge is 2.25. The number of nitrogens with one attached hydrogen (secondary N) is 1. The van der Waals surface area contributed by atoms with Gasteiger partial charge in [-0.05, 0) is 48.5 Å². The van der Waals surface area contributed by atoms with Crippen LogP contribution < -0.4 is 10.2 Å². The van der Waals surface area contributed by atoms with Gasteiger partial charge in [0.15, 0.2) is 0 Å². The summed E-state index contributed by atoms with van der Waals surface area (Å²) < 4.78 is 4.84. The molecule has 0 atom stereocenters. The van der Waals surface area contributed by atoms with E-state index < -0.39 is 11.9 Å². The molecule has 0 spiro atoms. The predicted octanol–water partition coefficient (Wildman–Crippen LogP) is 4.99. The molecule has 0 bridgehead atoms. The Morgan fingerprint density at radius 1 is 0.857 bits per heavy atom. The SMILES string of the molecule is COC(=O)c1ccc(N2CCN(C(=O)c3ccccc3)CC2)c(NC(=O)c2ccc(Cl)cc2Cl)c1. The lowest BCUT2D eigenvalue weighted by Gasteiger charge is -2.37. The summed E-state index contributed by atoms with van der Waals surface area (Å²) in [7, 11) is 1.30. The molecule has 35 heavy (non-hydrogen) atoms. The van der Waals surface area contributed by atoms with Crippen LogP contribution in [-0.4, -0.2) is 56.0 Å². The molecular weight excluding hydrogens is 489 g/mol. The topological polar surface area (TPSA) is 79.0 Å². The highest BCUT2D eigenvalue weighted by Crippen LogP contribution is 2.30. The van der Waals surface area contributed by atoms with Gasteiger partial charge in [-0.3, -0.25) is 9.59 Å². The minimum atomic E-state index is -0.519. The lowest BCUT2D eigenvalue weighted by Crippen LogP contribution is -2.49. The predicted molar refractivity (Wildman–Crippen MR) is 137 cm³/mol. The first-order chi connectivity index (χ1) is 16.9. The first kappa shape index (κ1) is 24.6. The Kier molecular flexibility index (Phi) is 7.58. The fraction of sp³-hybridized carbons (Fsp3) is 0.192. The third-order valence-electron chi connectivity index (χ3n) is 5.77. The van der Waals surface area contributed by atoms with Crippen LogP contribution in [-0.2, 0) is 4.74 Å². The molecule has 1 aliphatic rings. The molecule has 7 nitrogen and oxygen atoms in total. The number of hydrogen-bond donors (Lipinski definition) is 1. The summed E-state index contributed by atoms with van der Waals surface area (Å²) in [5.41, 5.74) is 2.36. The number of ether oxygens (including phenoxy) is 1. The van der Waals surface area contributed by atoms with Gasteiger partial charge in [0.25, 0.3) is 11.8 Å². The fourth-order valence-corrected chi connectivity index (χ4v) is 4.43. The van der Waals surface area contributed by atoms with E-state index in [-0.39, 0.29) is 16.5 Å². The van der Waals surface area contributed by atoms with E-state index in [0.717, 1.165) is 5.69 Å². The third kappa shape index (κ3) is 5.58. The first-order valence-electron chi connectivity index (χ1n) is 11.0. The van der Waals surface area contributed by atoms with Crippen LogP contribution in [0, 0.1) is 0 Å². The summed E-state index contributed by atoms with van der Waals surface area (Å²) in [4.78, 5) is 41.8. The Hall–Kier alpha value is -3.55. The van der Waals surface area contributed by atoms with Crippen LogP contribution >= 0.6 is 23.2 Å². The number of nitrogens with zero attached hydrogens (tertiary/aromatic N) is 2. The molecule has 0 unspecified atom stereocenters. The molecule has 4 rings (SSSR count). The molecule has 1 fully saturated rings. The second-order valence-corrected chi connectivity index (χ2v) is 8.79. The van der Waals surface area contributed by atoms with Crippen molar-refractivity contribution in [3.63, 3.8) is 0 Å². The molecule has 1 saturated heterocycles. The number of amides is 2. The Labute approximate surface area is 213 Å². The highest BCUT2D eigenvalue weighted by molar-refractivity contribution is 6.37. The van der Waals surface area contributed by atoms with Crippen LogP contribution in [0.15, 0.2) is 66.7 Å². The maximum Gasteiger partial charge on any atom is 0.337 e. The van der Waals surface area contributed by atoms with E-state index in [1.54, 1.807) is 41.3 Å². The van der Waals surface area contributed by atoms with Crippen LogP contribution in [0.4, 0.5) is 11.4 Å². The second kappa shape index (κ2) is 10.8. The van der Waals surface area contributed by atoms with Crippen molar-refractivity contribution in [2.75, 3.05) is 43.5 Å². The Morgan fingerprint density at radius 3 is 2.23 bits per heavy atom. The molecule has 0 radical (unpaired) electrons. The van der Waals surface area contributed by atoms with E-state index in [1.807, 2.05) is 18.2 Å². The maximum atomic E-state index is 13.0. The maximum absolute atomic E-state index is 13.0. The van der Waals surface area contributed by atoms with Crippen molar-refractivity contribution in [1.82, 2.24) is 4.90 Å². The van der Waals surface area contributed by atoms with Gasteiger partial charge in [0.1, 0.15) is 0 Å². The van der Waals surface area contributed by atoms with Crippen molar-refractivity contribution in [3.05, 3.63) is 93.5 Å². The molecule has 1 aliphatic heterocycles. The highest BCUT2D eigenvalue weighted by atomic mass is 35.5. The minimum absolute atomic E-state index is 0.0165. The molecule has 1 heterocycles. The van der Waals surface area contributed by atoms with Crippen LogP contribution in [0.2, 0.25) is 10.0 Å². The Morgan fingerprint density at radius 2 is 1.57 bits per heavy atom. The number of rotatable bonds is 5. The number of hydrogen-bond acceptors (Lipinski definition) is 5. The molecule has 1 N–H and O–H groups in total. The number of esters is 1. The summed E-state index contributed by atoms with van der Waals surface area (Å²) >= 11 is 12.2. The Bertz CT molecular complexity index is 1260. The molecule has 9 heteroatoms. The van der Waals surface area contributed by atoms with Gasteiger partial charge in [0.2, 0.25) is 0 Å². The summed E-state index contributed by atoms with van der Waals surface area (Å²) in [6.07, 6.45) is 0. The molecule has 3 aromatic rings. The van der Waals surface area contributed by atoms with Crippen molar-refractivity contribution in [2.45, 2.75) is 0 Å². The van der Waals surface area contributed by atoms with Crippen molar-refractivity contribution in [2.24, 2.45) is 0 Å². The van der Waals surface area contributed by atoms with E-state index in [9.17, 15) is 14.4 Å². The van der Waals surface area contributed by atoms with Crippen molar-refractivity contribution in [3.8, 4) is 0 Å². The van der Waals surface area contributed by atoms with Crippen LogP contribution in [0.3, 0.4) is 0 Å².